The lowest BCUT2D eigenvalue weighted by Crippen LogP contribution is -2.31. The Morgan fingerprint density at radius 3 is 2.72 bits per heavy atom. The minimum atomic E-state index is -0.282. The zero-order valence-electron chi connectivity index (χ0n) is 11.5. The second-order valence-corrected chi connectivity index (χ2v) is 4.56. The van der Waals surface area contributed by atoms with E-state index in [1.807, 2.05) is 6.92 Å². The number of rotatable bonds is 8. The van der Waals surface area contributed by atoms with Crippen LogP contribution in [-0.2, 0) is 4.74 Å². The van der Waals surface area contributed by atoms with E-state index in [4.69, 9.17) is 4.74 Å². The third-order valence-corrected chi connectivity index (χ3v) is 3.10. The molecule has 1 rings (SSSR count). The van der Waals surface area contributed by atoms with E-state index in [-0.39, 0.29) is 12.1 Å². The van der Waals surface area contributed by atoms with Crippen molar-refractivity contribution in [3.63, 3.8) is 0 Å². The van der Waals surface area contributed by atoms with Gasteiger partial charge in [0.1, 0.15) is 11.8 Å². The van der Waals surface area contributed by atoms with Crippen molar-refractivity contribution in [2.45, 2.75) is 52.2 Å². The Labute approximate surface area is 109 Å². The van der Waals surface area contributed by atoms with Crippen LogP contribution in [0.1, 0.15) is 50.5 Å². The largest absolute Gasteiger partial charge is 0.458 e. The summed E-state index contributed by atoms with van der Waals surface area (Å²) in [5.41, 5.74) is 0.509. The number of carbonyl (C=O) groups is 1. The fourth-order valence-electron chi connectivity index (χ4n) is 1.83. The first kappa shape index (κ1) is 14.8. The lowest BCUT2D eigenvalue weighted by molar-refractivity contribution is 0.0318. The van der Waals surface area contributed by atoms with Crippen molar-refractivity contribution < 1.29 is 9.53 Å². The Morgan fingerprint density at radius 1 is 1.44 bits per heavy atom. The Hall–Kier alpha value is -1.29. The first-order valence-electron chi connectivity index (χ1n) is 6.75. The van der Waals surface area contributed by atoms with E-state index in [1.165, 1.54) is 0 Å². The van der Waals surface area contributed by atoms with Gasteiger partial charge in [0.2, 0.25) is 0 Å². The number of ether oxygens (including phenoxy) is 1. The molecule has 0 fully saturated rings. The van der Waals surface area contributed by atoms with Gasteiger partial charge in [-0.05, 0) is 44.9 Å². The normalized spacial score (nSPS) is 12.7. The molecule has 0 aliphatic heterocycles. The van der Waals surface area contributed by atoms with Crippen LogP contribution in [0.25, 0.3) is 0 Å². The van der Waals surface area contributed by atoms with Gasteiger partial charge >= 0.3 is 5.97 Å². The van der Waals surface area contributed by atoms with Gasteiger partial charge in [-0.25, -0.2) is 4.79 Å². The van der Waals surface area contributed by atoms with Gasteiger partial charge in [-0.2, -0.15) is 0 Å². The van der Waals surface area contributed by atoms with Gasteiger partial charge in [0, 0.05) is 12.2 Å². The molecule has 4 nitrogen and oxygen atoms in total. The van der Waals surface area contributed by atoms with E-state index in [2.05, 4.69) is 24.1 Å². The highest BCUT2D eigenvalue weighted by Gasteiger charge is 2.12. The molecular weight excluding hydrogens is 228 g/mol. The zero-order valence-corrected chi connectivity index (χ0v) is 11.5. The molecule has 1 aromatic rings. The highest BCUT2D eigenvalue weighted by molar-refractivity contribution is 5.87. The van der Waals surface area contributed by atoms with Gasteiger partial charge in [-0.15, -0.1) is 0 Å². The van der Waals surface area contributed by atoms with E-state index in [0.717, 1.165) is 25.8 Å². The molecule has 1 heterocycles. The van der Waals surface area contributed by atoms with Crippen molar-refractivity contribution in [2.24, 2.45) is 0 Å². The first-order valence-corrected chi connectivity index (χ1v) is 6.75. The van der Waals surface area contributed by atoms with E-state index < -0.39 is 0 Å². The second kappa shape index (κ2) is 7.93. The van der Waals surface area contributed by atoms with Crippen LogP contribution in [0.15, 0.2) is 18.3 Å². The molecule has 0 aliphatic carbocycles. The first-order chi connectivity index (χ1) is 8.67. The summed E-state index contributed by atoms with van der Waals surface area (Å²) >= 11 is 0. The van der Waals surface area contributed by atoms with Crippen LogP contribution in [0, 0.1) is 0 Å². The van der Waals surface area contributed by atoms with Crippen molar-refractivity contribution >= 4 is 5.97 Å². The Morgan fingerprint density at radius 2 is 2.17 bits per heavy atom. The van der Waals surface area contributed by atoms with Gasteiger partial charge in [-0.3, -0.25) is 0 Å². The average Bonchev–Trinajstić information content (AvgIpc) is 2.88. The molecule has 0 bridgehead atoms. The number of aromatic amines is 1. The predicted molar refractivity (Wildman–Crippen MR) is 72.7 cm³/mol. The topological polar surface area (TPSA) is 54.1 Å². The number of nitrogens with one attached hydrogen (secondary N) is 2. The summed E-state index contributed by atoms with van der Waals surface area (Å²) in [6.07, 6.45) is 4.75. The molecule has 0 saturated heterocycles. The lowest BCUT2D eigenvalue weighted by Gasteiger charge is -2.17. The number of esters is 1. The molecule has 0 spiro atoms. The summed E-state index contributed by atoms with van der Waals surface area (Å²) in [6.45, 7) is 7.16. The van der Waals surface area contributed by atoms with Crippen LogP contribution < -0.4 is 5.32 Å². The zero-order chi connectivity index (χ0) is 13.4. The summed E-state index contributed by atoms with van der Waals surface area (Å²) in [4.78, 5) is 14.5. The molecule has 18 heavy (non-hydrogen) atoms. The van der Waals surface area contributed by atoms with Gasteiger partial charge in [0.05, 0.1) is 0 Å². The fourth-order valence-corrected chi connectivity index (χ4v) is 1.83. The highest BCUT2D eigenvalue weighted by Crippen LogP contribution is 2.04. The van der Waals surface area contributed by atoms with E-state index >= 15 is 0 Å². The summed E-state index contributed by atoms with van der Waals surface area (Å²) in [7, 11) is 0. The molecule has 1 aromatic heterocycles. The van der Waals surface area contributed by atoms with Crippen LogP contribution in [0.2, 0.25) is 0 Å². The molecular formula is C14H24N2O2. The van der Waals surface area contributed by atoms with Gasteiger partial charge in [0.15, 0.2) is 0 Å². The van der Waals surface area contributed by atoms with Crippen molar-refractivity contribution in [3.05, 3.63) is 24.0 Å². The molecule has 0 aromatic carbocycles. The molecule has 4 heteroatoms. The highest BCUT2D eigenvalue weighted by atomic mass is 16.5. The molecule has 1 unspecified atom stereocenters. The van der Waals surface area contributed by atoms with E-state index in [9.17, 15) is 4.79 Å². The standard InChI is InChI=1S/C14H24N2O2/c1-4-12(5-2)15-10-8-11(3)18-14(17)13-7-6-9-16-13/h6-7,9,11-12,15-16H,4-5,8,10H2,1-3H3. The maximum absolute atomic E-state index is 11.7. The predicted octanol–water partition coefficient (Wildman–Crippen LogP) is 2.73. The Kier molecular flexibility index (Phi) is 6.50. The van der Waals surface area contributed by atoms with E-state index in [1.54, 1.807) is 18.3 Å². The lowest BCUT2D eigenvalue weighted by atomic mass is 10.1. The number of carbonyl (C=O) groups excluding carboxylic acids is 1. The quantitative estimate of drug-likeness (QED) is 0.699. The SMILES string of the molecule is CCC(CC)NCCC(C)OC(=O)c1ccc[nH]1. The minimum Gasteiger partial charge on any atom is -0.458 e. The van der Waals surface area contributed by atoms with Crippen LogP contribution in [0.4, 0.5) is 0 Å². The fraction of sp³-hybridized carbons (Fsp3) is 0.643. The van der Waals surface area contributed by atoms with Crippen molar-refractivity contribution in [1.29, 1.82) is 0 Å². The third-order valence-electron chi connectivity index (χ3n) is 3.10. The summed E-state index contributed by atoms with van der Waals surface area (Å²) < 4.78 is 5.33. The molecule has 0 amide bonds. The molecule has 2 N–H and O–H groups in total. The van der Waals surface area contributed by atoms with Crippen LogP contribution in [0.5, 0.6) is 0 Å². The maximum atomic E-state index is 11.7. The maximum Gasteiger partial charge on any atom is 0.354 e. The summed E-state index contributed by atoms with van der Waals surface area (Å²) in [5.74, 6) is -0.282. The number of H-pyrrole nitrogens is 1. The Bertz CT molecular complexity index is 332. The molecule has 0 saturated carbocycles. The van der Waals surface area contributed by atoms with Crippen LogP contribution >= 0.6 is 0 Å². The van der Waals surface area contributed by atoms with Crippen LogP contribution in [-0.4, -0.2) is 29.6 Å². The summed E-state index contributed by atoms with van der Waals surface area (Å²) in [6, 6.07) is 4.07. The number of aromatic nitrogens is 1. The molecule has 0 aliphatic rings. The summed E-state index contributed by atoms with van der Waals surface area (Å²) in [5, 5.41) is 3.46. The second-order valence-electron chi connectivity index (χ2n) is 4.56. The third kappa shape index (κ3) is 4.92. The minimum absolute atomic E-state index is 0.0670. The van der Waals surface area contributed by atoms with Gasteiger partial charge in [-0.1, -0.05) is 13.8 Å². The van der Waals surface area contributed by atoms with Crippen molar-refractivity contribution in [2.75, 3.05) is 6.54 Å². The van der Waals surface area contributed by atoms with Gasteiger partial charge < -0.3 is 15.0 Å². The molecule has 102 valence electrons. The smallest absolute Gasteiger partial charge is 0.354 e. The molecule has 1 atom stereocenters. The van der Waals surface area contributed by atoms with E-state index in [0.29, 0.717) is 11.7 Å². The number of hydrogen-bond donors (Lipinski definition) is 2. The van der Waals surface area contributed by atoms with Crippen molar-refractivity contribution in [1.82, 2.24) is 10.3 Å². The van der Waals surface area contributed by atoms with Gasteiger partial charge in [0.25, 0.3) is 0 Å². The average molecular weight is 252 g/mol. The van der Waals surface area contributed by atoms with Crippen molar-refractivity contribution in [3.8, 4) is 0 Å². The van der Waals surface area contributed by atoms with Crippen LogP contribution in [0.3, 0.4) is 0 Å². The monoisotopic (exact) mass is 252 g/mol. The Balaban J connectivity index is 2.21. The number of hydrogen-bond acceptors (Lipinski definition) is 3. The molecule has 0 radical (unpaired) electrons.